The predicted octanol–water partition coefficient (Wildman–Crippen LogP) is 3.21. The molecule has 3 aliphatic rings. The molecule has 6 heteroatoms. The van der Waals surface area contributed by atoms with Gasteiger partial charge >= 0.3 is 0 Å². The standard InChI is InChI=1S/C24H35N3O3/c1-19-6-8-20(9-7-19)25-24(10-4-3-5-11-24)22(29)27-15-13-23(18-27)12-14-26(21(23)28)16-17-30-2/h6-9,25H,3-5,10-18H2,1-2H3. The number of hydrogen-bond acceptors (Lipinski definition) is 4. The van der Waals surface area contributed by atoms with Gasteiger partial charge in [0.2, 0.25) is 11.8 Å². The minimum Gasteiger partial charge on any atom is -0.383 e. The highest BCUT2D eigenvalue weighted by molar-refractivity contribution is 5.92. The van der Waals surface area contributed by atoms with Crippen LogP contribution in [0.5, 0.6) is 0 Å². The number of carbonyl (C=O) groups is 2. The number of benzene rings is 1. The third kappa shape index (κ3) is 3.94. The van der Waals surface area contributed by atoms with E-state index in [0.29, 0.717) is 26.2 Å². The summed E-state index contributed by atoms with van der Waals surface area (Å²) in [7, 11) is 1.66. The van der Waals surface area contributed by atoms with Gasteiger partial charge in [0, 0.05) is 39.0 Å². The molecule has 2 saturated heterocycles. The second-order valence-corrected chi connectivity index (χ2v) is 9.43. The van der Waals surface area contributed by atoms with Crippen LogP contribution in [0.3, 0.4) is 0 Å². The first-order valence-corrected chi connectivity index (χ1v) is 11.4. The van der Waals surface area contributed by atoms with Crippen molar-refractivity contribution < 1.29 is 14.3 Å². The molecule has 3 fully saturated rings. The van der Waals surface area contributed by atoms with E-state index in [1.54, 1.807) is 7.11 Å². The van der Waals surface area contributed by atoms with Crippen molar-refractivity contribution >= 4 is 17.5 Å². The van der Waals surface area contributed by atoms with Gasteiger partial charge in [-0.2, -0.15) is 0 Å². The maximum atomic E-state index is 13.8. The first kappa shape index (κ1) is 21.2. The van der Waals surface area contributed by atoms with E-state index in [0.717, 1.165) is 50.8 Å². The van der Waals surface area contributed by atoms with Crippen LogP contribution in [0.4, 0.5) is 5.69 Å². The SMILES string of the molecule is COCCN1CCC2(CCN(C(=O)C3(Nc4ccc(C)cc4)CCCCC3)C2)C1=O. The molecule has 2 amide bonds. The normalized spacial score (nSPS) is 25.9. The molecular weight excluding hydrogens is 378 g/mol. The first-order chi connectivity index (χ1) is 14.5. The summed E-state index contributed by atoms with van der Waals surface area (Å²) in [5.74, 6) is 0.391. The number of amides is 2. The van der Waals surface area contributed by atoms with Crippen LogP contribution in [0.2, 0.25) is 0 Å². The summed E-state index contributed by atoms with van der Waals surface area (Å²) in [6.45, 7) is 5.30. The Bertz CT molecular complexity index is 772. The second-order valence-electron chi connectivity index (χ2n) is 9.43. The Kier molecular flexibility index (Phi) is 6.05. The Morgan fingerprint density at radius 2 is 1.77 bits per heavy atom. The number of anilines is 1. The van der Waals surface area contributed by atoms with Crippen molar-refractivity contribution in [1.82, 2.24) is 9.80 Å². The molecule has 164 valence electrons. The van der Waals surface area contributed by atoms with Crippen LogP contribution in [0.1, 0.15) is 50.5 Å². The smallest absolute Gasteiger partial charge is 0.248 e. The predicted molar refractivity (Wildman–Crippen MR) is 117 cm³/mol. The minimum absolute atomic E-state index is 0.183. The van der Waals surface area contributed by atoms with E-state index in [1.807, 2.05) is 9.80 Å². The van der Waals surface area contributed by atoms with Crippen LogP contribution < -0.4 is 5.32 Å². The number of hydrogen-bond donors (Lipinski definition) is 1. The highest BCUT2D eigenvalue weighted by Crippen LogP contribution is 2.43. The summed E-state index contributed by atoms with van der Waals surface area (Å²) in [4.78, 5) is 30.8. The fourth-order valence-corrected chi connectivity index (χ4v) is 5.50. The molecule has 6 nitrogen and oxygen atoms in total. The van der Waals surface area contributed by atoms with Gasteiger partial charge in [0.05, 0.1) is 12.0 Å². The lowest BCUT2D eigenvalue weighted by Gasteiger charge is -2.40. The van der Waals surface area contributed by atoms with Gasteiger partial charge in [-0.1, -0.05) is 37.0 Å². The number of carbonyl (C=O) groups excluding carboxylic acids is 2. The number of nitrogens with zero attached hydrogens (tertiary/aromatic N) is 2. The van der Waals surface area contributed by atoms with Crippen LogP contribution in [0.15, 0.2) is 24.3 Å². The number of nitrogens with one attached hydrogen (secondary N) is 1. The zero-order valence-corrected chi connectivity index (χ0v) is 18.4. The third-order valence-electron chi connectivity index (χ3n) is 7.36. The number of ether oxygens (including phenoxy) is 1. The summed E-state index contributed by atoms with van der Waals surface area (Å²) in [5, 5.41) is 3.62. The van der Waals surface area contributed by atoms with Gasteiger partial charge in [0.25, 0.3) is 0 Å². The molecule has 1 aliphatic carbocycles. The topological polar surface area (TPSA) is 61.9 Å². The van der Waals surface area contributed by atoms with Crippen molar-refractivity contribution in [2.24, 2.45) is 5.41 Å². The maximum Gasteiger partial charge on any atom is 0.248 e. The summed E-state index contributed by atoms with van der Waals surface area (Å²) in [6, 6.07) is 8.30. The molecule has 1 aromatic carbocycles. The first-order valence-electron chi connectivity index (χ1n) is 11.4. The number of rotatable bonds is 6. The lowest BCUT2D eigenvalue weighted by Crippen LogP contribution is -2.55. The fourth-order valence-electron chi connectivity index (χ4n) is 5.50. The van der Waals surface area contributed by atoms with E-state index < -0.39 is 5.54 Å². The largest absolute Gasteiger partial charge is 0.383 e. The van der Waals surface area contributed by atoms with Crippen molar-refractivity contribution in [3.05, 3.63) is 29.8 Å². The van der Waals surface area contributed by atoms with Crippen LogP contribution in [-0.4, -0.2) is 67.0 Å². The Morgan fingerprint density at radius 1 is 1.07 bits per heavy atom. The van der Waals surface area contributed by atoms with E-state index in [9.17, 15) is 9.59 Å². The van der Waals surface area contributed by atoms with Gasteiger partial charge < -0.3 is 19.9 Å². The van der Waals surface area contributed by atoms with Crippen LogP contribution in [0.25, 0.3) is 0 Å². The van der Waals surface area contributed by atoms with E-state index in [-0.39, 0.29) is 17.2 Å². The number of likely N-dealkylation sites (tertiary alicyclic amines) is 2. The maximum absolute atomic E-state index is 13.8. The highest BCUT2D eigenvalue weighted by atomic mass is 16.5. The average Bonchev–Trinajstić information content (AvgIpc) is 3.33. The van der Waals surface area contributed by atoms with Gasteiger partial charge in [-0.05, 0) is 44.7 Å². The molecule has 1 saturated carbocycles. The number of methoxy groups -OCH3 is 1. The molecule has 0 aromatic heterocycles. The molecule has 2 aliphatic heterocycles. The second kappa shape index (κ2) is 8.58. The summed E-state index contributed by atoms with van der Waals surface area (Å²) in [5.41, 5.74) is 1.29. The Balaban J connectivity index is 1.49. The molecule has 1 spiro atoms. The van der Waals surface area contributed by atoms with Gasteiger partial charge in [-0.3, -0.25) is 9.59 Å². The minimum atomic E-state index is -0.545. The van der Waals surface area contributed by atoms with Crippen molar-refractivity contribution in [3.63, 3.8) is 0 Å². The van der Waals surface area contributed by atoms with Crippen LogP contribution >= 0.6 is 0 Å². The van der Waals surface area contributed by atoms with Crippen LogP contribution in [-0.2, 0) is 14.3 Å². The van der Waals surface area contributed by atoms with Gasteiger partial charge in [-0.25, -0.2) is 0 Å². The van der Waals surface area contributed by atoms with Crippen molar-refractivity contribution in [2.45, 2.75) is 57.4 Å². The molecule has 1 N–H and O–H groups in total. The Labute approximate surface area is 179 Å². The van der Waals surface area contributed by atoms with E-state index in [4.69, 9.17) is 4.74 Å². The molecule has 30 heavy (non-hydrogen) atoms. The van der Waals surface area contributed by atoms with Crippen molar-refractivity contribution in [1.29, 1.82) is 0 Å². The molecule has 4 rings (SSSR count). The summed E-state index contributed by atoms with van der Waals surface area (Å²) >= 11 is 0. The Morgan fingerprint density at radius 3 is 2.47 bits per heavy atom. The lowest BCUT2D eigenvalue weighted by molar-refractivity contribution is -0.139. The lowest BCUT2D eigenvalue weighted by atomic mass is 9.80. The molecule has 1 atom stereocenters. The average molecular weight is 414 g/mol. The molecule has 0 bridgehead atoms. The van der Waals surface area contributed by atoms with E-state index in [2.05, 4.69) is 36.5 Å². The quantitative estimate of drug-likeness (QED) is 0.778. The van der Waals surface area contributed by atoms with Crippen molar-refractivity contribution in [2.75, 3.05) is 45.2 Å². The van der Waals surface area contributed by atoms with Gasteiger partial charge in [0.1, 0.15) is 5.54 Å². The molecule has 0 radical (unpaired) electrons. The van der Waals surface area contributed by atoms with Gasteiger partial charge in [-0.15, -0.1) is 0 Å². The summed E-state index contributed by atoms with van der Waals surface area (Å²) in [6.07, 6.45) is 6.65. The molecule has 2 heterocycles. The third-order valence-corrected chi connectivity index (χ3v) is 7.36. The van der Waals surface area contributed by atoms with E-state index in [1.165, 1.54) is 12.0 Å². The number of aryl methyl sites for hydroxylation is 1. The zero-order valence-electron chi connectivity index (χ0n) is 18.4. The Hall–Kier alpha value is -2.08. The van der Waals surface area contributed by atoms with Crippen molar-refractivity contribution in [3.8, 4) is 0 Å². The fraction of sp³-hybridized carbons (Fsp3) is 0.667. The molecule has 1 unspecified atom stereocenters. The van der Waals surface area contributed by atoms with E-state index >= 15 is 0 Å². The monoisotopic (exact) mass is 413 g/mol. The highest BCUT2D eigenvalue weighted by Gasteiger charge is 2.53. The van der Waals surface area contributed by atoms with Crippen LogP contribution in [0, 0.1) is 12.3 Å². The zero-order chi connectivity index (χ0) is 21.2. The molecule has 1 aromatic rings. The molecular formula is C24H35N3O3. The summed E-state index contributed by atoms with van der Waals surface area (Å²) < 4.78 is 5.15. The van der Waals surface area contributed by atoms with Gasteiger partial charge in [0.15, 0.2) is 0 Å².